The Balaban J connectivity index is 2.37. The summed E-state index contributed by atoms with van der Waals surface area (Å²) in [6.45, 7) is 4.09. The maximum atomic E-state index is 12.3. The molecule has 2 aromatic rings. The predicted octanol–water partition coefficient (Wildman–Crippen LogP) is 4.11. The van der Waals surface area contributed by atoms with Crippen LogP contribution in [0.5, 0.6) is 0 Å². The highest BCUT2D eigenvalue weighted by Gasteiger charge is 2.14. The number of hydrogen-bond acceptors (Lipinski definition) is 2. The number of rotatable bonds is 4. The van der Waals surface area contributed by atoms with Gasteiger partial charge in [-0.3, -0.25) is 9.78 Å². The lowest BCUT2D eigenvalue weighted by molar-refractivity contribution is 0.102. The first-order valence-corrected chi connectivity index (χ1v) is 7.06. The van der Waals surface area contributed by atoms with Crippen LogP contribution in [0.1, 0.15) is 35.3 Å². The molecule has 3 nitrogen and oxygen atoms in total. The lowest BCUT2D eigenvalue weighted by Gasteiger charge is -2.16. The van der Waals surface area contributed by atoms with E-state index in [0.29, 0.717) is 10.6 Å². The van der Waals surface area contributed by atoms with E-state index in [1.54, 1.807) is 24.5 Å². The molecular formula is C16H17ClN2O. The molecule has 0 saturated heterocycles. The van der Waals surface area contributed by atoms with Gasteiger partial charge in [0.05, 0.1) is 0 Å². The quantitative estimate of drug-likeness (QED) is 0.920. The summed E-state index contributed by atoms with van der Waals surface area (Å²) in [6, 6.07) is 7.24. The van der Waals surface area contributed by atoms with E-state index in [4.69, 9.17) is 11.6 Å². The van der Waals surface area contributed by atoms with Crippen LogP contribution in [0.15, 0.2) is 36.7 Å². The minimum absolute atomic E-state index is 0.140. The summed E-state index contributed by atoms with van der Waals surface area (Å²) in [5, 5.41) is 3.68. The van der Waals surface area contributed by atoms with Crippen LogP contribution < -0.4 is 5.32 Å². The zero-order valence-electron chi connectivity index (χ0n) is 11.6. The molecule has 0 aliphatic heterocycles. The summed E-state index contributed by atoms with van der Waals surface area (Å²) in [4.78, 5) is 16.2. The van der Waals surface area contributed by atoms with Crippen molar-refractivity contribution in [3.8, 4) is 0 Å². The molecule has 1 N–H and O–H groups in total. The number of nitrogens with zero attached hydrogens (tertiary/aromatic N) is 1. The fourth-order valence-electron chi connectivity index (χ4n) is 2.16. The third-order valence-electron chi connectivity index (χ3n) is 3.26. The third kappa shape index (κ3) is 2.99. The molecule has 0 saturated carbocycles. The highest BCUT2D eigenvalue weighted by atomic mass is 35.5. The first kappa shape index (κ1) is 14.5. The van der Waals surface area contributed by atoms with Gasteiger partial charge in [0.1, 0.15) is 0 Å². The number of benzene rings is 1. The van der Waals surface area contributed by atoms with Crippen molar-refractivity contribution in [1.29, 1.82) is 0 Å². The Morgan fingerprint density at radius 3 is 2.45 bits per heavy atom. The second-order valence-electron chi connectivity index (χ2n) is 4.46. The average Bonchev–Trinajstić information content (AvgIpc) is 2.48. The smallest absolute Gasteiger partial charge is 0.255 e. The van der Waals surface area contributed by atoms with Crippen molar-refractivity contribution in [2.75, 3.05) is 5.32 Å². The maximum absolute atomic E-state index is 12.3. The topological polar surface area (TPSA) is 42.0 Å². The van der Waals surface area contributed by atoms with Crippen LogP contribution in [0, 0.1) is 0 Å². The molecule has 4 heteroatoms. The molecule has 0 bridgehead atoms. The van der Waals surface area contributed by atoms with Gasteiger partial charge in [0.25, 0.3) is 5.91 Å². The normalized spacial score (nSPS) is 10.3. The third-order valence-corrected chi connectivity index (χ3v) is 3.61. The van der Waals surface area contributed by atoms with Gasteiger partial charge in [-0.1, -0.05) is 31.5 Å². The van der Waals surface area contributed by atoms with Crippen LogP contribution in [0.25, 0.3) is 0 Å². The molecule has 0 fully saturated rings. The molecule has 0 atom stereocenters. The standard InChI is InChI=1S/C16H17ClN2O/c1-3-11-5-6-14(17)13(4-2)15(11)19-16(20)12-7-9-18-10-8-12/h5-10H,3-4H2,1-2H3,(H,19,20). The first-order chi connectivity index (χ1) is 9.67. The van der Waals surface area contributed by atoms with Crippen LogP contribution in [0.2, 0.25) is 5.02 Å². The number of amides is 1. The number of anilines is 1. The molecule has 1 aromatic carbocycles. The van der Waals surface area contributed by atoms with E-state index in [2.05, 4.69) is 17.2 Å². The van der Waals surface area contributed by atoms with Crippen molar-refractivity contribution in [2.45, 2.75) is 26.7 Å². The number of aryl methyl sites for hydroxylation is 1. The second-order valence-corrected chi connectivity index (χ2v) is 4.86. The summed E-state index contributed by atoms with van der Waals surface area (Å²) >= 11 is 6.23. The van der Waals surface area contributed by atoms with Crippen LogP contribution in [-0.2, 0) is 12.8 Å². The monoisotopic (exact) mass is 288 g/mol. The molecule has 0 unspecified atom stereocenters. The predicted molar refractivity (Wildman–Crippen MR) is 82.4 cm³/mol. The van der Waals surface area contributed by atoms with Gasteiger partial charge in [0, 0.05) is 28.7 Å². The maximum Gasteiger partial charge on any atom is 0.255 e. The molecule has 0 spiro atoms. The average molecular weight is 289 g/mol. The molecule has 104 valence electrons. The minimum Gasteiger partial charge on any atom is -0.321 e. The van der Waals surface area contributed by atoms with Crippen LogP contribution in [0.4, 0.5) is 5.69 Å². The fraction of sp³-hybridized carbons (Fsp3) is 0.250. The number of aromatic nitrogens is 1. The van der Waals surface area contributed by atoms with Crippen molar-refractivity contribution < 1.29 is 4.79 Å². The van der Waals surface area contributed by atoms with Gasteiger partial charge >= 0.3 is 0 Å². The summed E-state index contributed by atoms with van der Waals surface area (Å²) < 4.78 is 0. The van der Waals surface area contributed by atoms with Crippen molar-refractivity contribution >= 4 is 23.2 Å². The molecule has 1 aromatic heterocycles. The Kier molecular flexibility index (Phi) is 4.74. The Labute approximate surface area is 124 Å². The summed E-state index contributed by atoms with van der Waals surface area (Å²) in [6.07, 6.45) is 4.83. The first-order valence-electron chi connectivity index (χ1n) is 6.69. The lowest BCUT2D eigenvalue weighted by atomic mass is 10.0. The Hall–Kier alpha value is -1.87. The number of hydrogen-bond donors (Lipinski definition) is 1. The van der Waals surface area contributed by atoms with Crippen molar-refractivity contribution in [3.05, 3.63) is 58.4 Å². The number of carbonyl (C=O) groups is 1. The summed E-state index contributed by atoms with van der Waals surface area (Å²) in [5.41, 5.74) is 3.50. The van der Waals surface area contributed by atoms with E-state index in [-0.39, 0.29) is 5.91 Å². The fourth-order valence-corrected chi connectivity index (χ4v) is 2.45. The minimum atomic E-state index is -0.140. The molecule has 1 heterocycles. The molecule has 1 amide bonds. The van der Waals surface area contributed by atoms with Gasteiger partial charge in [-0.25, -0.2) is 0 Å². The van der Waals surface area contributed by atoms with E-state index in [0.717, 1.165) is 29.7 Å². The molecule has 0 radical (unpaired) electrons. The Bertz CT molecular complexity index is 611. The molecule has 20 heavy (non-hydrogen) atoms. The summed E-state index contributed by atoms with van der Waals surface area (Å²) in [7, 11) is 0. The zero-order valence-corrected chi connectivity index (χ0v) is 12.4. The molecule has 2 rings (SSSR count). The lowest BCUT2D eigenvalue weighted by Crippen LogP contribution is -2.15. The van der Waals surface area contributed by atoms with E-state index in [1.807, 2.05) is 19.1 Å². The SMILES string of the molecule is CCc1ccc(Cl)c(CC)c1NC(=O)c1ccncc1. The number of carbonyl (C=O) groups excluding carboxylic acids is 1. The van der Waals surface area contributed by atoms with Gasteiger partial charge < -0.3 is 5.32 Å². The second kappa shape index (κ2) is 6.53. The summed E-state index contributed by atoms with van der Waals surface area (Å²) in [5.74, 6) is -0.140. The number of pyridine rings is 1. The number of nitrogens with one attached hydrogen (secondary N) is 1. The van der Waals surface area contributed by atoms with E-state index >= 15 is 0 Å². The molecule has 0 aliphatic rings. The highest BCUT2D eigenvalue weighted by Crippen LogP contribution is 2.29. The van der Waals surface area contributed by atoms with E-state index in [9.17, 15) is 4.79 Å². The van der Waals surface area contributed by atoms with Crippen molar-refractivity contribution in [1.82, 2.24) is 4.98 Å². The van der Waals surface area contributed by atoms with Crippen molar-refractivity contribution in [2.24, 2.45) is 0 Å². The van der Waals surface area contributed by atoms with Crippen molar-refractivity contribution in [3.63, 3.8) is 0 Å². The number of halogens is 1. The Morgan fingerprint density at radius 1 is 1.15 bits per heavy atom. The van der Waals surface area contributed by atoms with Crippen LogP contribution in [0.3, 0.4) is 0 Å². The van der Waals surface area contributed by atoms with E-state index < -0.39 is 0 Å². The molecule has 0 aliphatic carbocycles. The highest BCUT2D eigenvalue weighted by molar-refractivity contribution is 6.32. The Morgan fingerprint density at radius 2 is 1.85 bits per heavy atom. The van der Waals surface area contributed by atoms with Gasteiger partial charge in [-0.2, -0.15) is 0 Å². The van der Waals surface area contributed by atoms with Gasteiger partial charge in [-0.05, 0) is 42.2 Å². The largest absolute Gasteiger partial charge is 0.321 e. The van der Waals surface area contributed by atoms with Crippen LogP contribution >= 0.6 is 11.6 Å². The van der Waals surface area contributed by atoms with Crippen LogP contribution in [-0.4, -0.2) is 10.9 Å². The van der Waals surface area contributed by atoms with E-state index in [1.165, 1.54) is 0 Å². The van der Waals surface area contributed by atoms with Gasteiger partial charge in [0.2, 0.25) is 0 Å². The van der Waals surface area contributed by atoms with Gasteiger partial charge in [0.15, 0.2) is 0 Å². The zero-order chi connectivity index (χ0) is 14.5. The molecular weight excluding hydrogens is 272 g/mol. The van der Waals surface area contributed by atoms with Gasteiger partial charge in [-0.15, -0.1) is 0 Å².